The minimum absolute atomic E-state index is 0.117. The SMILES string of the molecule is CCCCOC(C)OC1C=CC2C3CCc4cc(OC(=O)c5ccccc5)ccc4C3CCC12C. The van der Waals surface area contributed by atoms with Gasteiger partial charge in [-0.15, -0.1) is 0 Å². The van der Waals surface area contributed by atoms with Crippen LogP contribution in [0, 0.1) is 17.3 Å². The molecular formula is C31H38O4. The number of carbonyl (C=O) groups is 1. The second-order valence-electron chi connectivity index (χ2n) is 10.7. The summed E-state index contributed by atoms with van der Waals surface area (Å²) in [5.74, 6) is 2.04. The Bertz CT molecular complexity index is 1060. The Balaban J connectivity index is 1.26. The minimum Gasteiger partial charge on any atom is -0.423 e. The zero-order chi connectivity index (χ0) is 24.4. The van der Waals surface area contributed by atoms with E-state index >= 15 is 0 Å². The maximum absolute atomic E-state index is 12.5. The number of fused-ring (bicyclic) bond motifs is 5. The average Bonchev–Trinajstić information content (AvgIpc) is 3.20. The number of unbranched alkanes of at least 4 members (excludes halogenated alkanes) is 1. The van der Waals surface area contributed by atoms with Crippen LogP contribution in [-0.2, 0) is 15.9 Å². The number of hydrogen-bond donors (Lipinski definition) is 0. The molecule has 35 heavy (non-hydrogen) atoms. The molecule has 0 radical (unpaired) electrons. The van der Waals surface area contributed by atoms with Gasteiger partial charge in [0.25, 0.3) is 0 Å². The first-order chi connectivity index (χ1) is 17.0. The zero-order valence-electron chi connectivity index (χ0n) is 21.2. The molecule has 0 aromatic heterocycles. The number of esters is 1. The lowest BCUT2D eigenvalue weighted by Gasteiger charge is -2.50. The van der Waals surface area contributed by atoms with Crippen molar-refractivity contribution >= 4 is 5.97 Å². The highest BCUT2D eigenvalue weighted by molar-refractivity contribution is 5.91. The first-order valence-corrected chi connectivity index (χ1v) is 13.3. The van der Waals surface area contributed by atoms with Crippen molar-refractivity contribution in [1.82, 2.24) is 0 Å². The van der Waals surface area contributed by atoms with Crippen molar-refractivity contribution in [2.75, 3.05) is 6.61 Å². The van der Waals surface area contributed by atoms with Gasteiger partial charge in [0.2, 0.25) is 0 Å². The van der Waals surface area contributed by atoms with E-state index in [0.29, 0.717) is 29.1 Å². The van der Waals surface area contributed by atoms with Crippen molar-refractivity contribution in [3.63, 3.8) is 0 Å². The molecule has 3 aliphatic rings. The maximum Gasteiger partial charge on any atom is 0.343 e. The molecule has 2 aromatic rings. The van der Waals surface area contributed by atoms with Crippen LogP contribution in [0.3, 0.4) is 0 Å². The molecule has 0 bridgehead atoms. The quantitative estimate of drug-likeness (QED) is 0.135. The Morgan fingerprint density at radius 3 is 2.74 bits per heavy atom. The van der Waals surface area contributed by atoms with E-state index < -0.39 is 0 Å². The van der Waals surface area contributed by atoms with Crippen molar-refractivity contribution in [2.45, 2.75) is 77.6 Å². The van der Waals surface area contributed by atoms with Crippen LogP contribution in [0.5, 0.6) is 5.75 Å². The van der Waals surface area contributed by atoms with Gasteiger partial charge in [0, 0.05) is 12.0 Å². The summed E-state index contributed by atoms with van der Waals surface area (Å²) in [4.78, 5) is 12.5. The average molecular weight is 475 g/mol. The summed E-state index contributed by atoms with van der Waals surface area (Å²) >= 11 is 0. The topological polar surface area (TPSA) is 44.8 Å². The van der Waals surface area contributed by atoms with Gasteiger partial charge < -0.3 is 14.2 Å². The molecule has 0 saturated heterocycles. The summed E-state index contributed by atoms with van der Waals surface area (Å²) in [6, 6.07) is 15.5. The molecule has 0 heterocycles. The van der Waals surface area contributed by atoms with Gasteiger partial charge >= 0.3 is 5.97 Å². The highest BCUT2D eigenvalue weighted by atomic mass is 16.7. The normalized spacial score (nSPS) is 29.7. The predicted molar refractivity (Wildman–Crippen MR) is 138 cm³/mol. The lowest BCUT2D eigenvalue weighted by molar-refractivity contribution is -0.182. The summed E-state index contributed by atoms with van der Waals surface area (Å²) in [7, 11) is 0. The Kier molecular flexibility index (Phi) is 7.13. The van der Waals surface area contributed by atoms with E-state index in [-0.39, 0.29) is 23.8 Å². The fraction of sp³-hybridized carbons (Fsp3) is 0.516. The van der Waals surface area contributed by atoms with Gasteiger partial charge in [0.15, 0.2) is 6.29 Å². The minimum atomic E-state index is -0.303. The molecule has 6 atom stereocenters. The standard InChI is InChI=1S/C31H38O4/c1-4-5-19-33-21(2)34-29-16-15-28-27-13-11-23-20-24(35-30(32)22-9-7-6-8-10-22)12-14-25(23)26(27)17-18-31(28,29)3/h6-10,12,14-16,20-21,26-29H,4-5,11,13,17-19H2,1-3H3. The Morgan fingerprint density at radius 2 is 1.94 bits per heavy atom. The Hall–Kier alpha value is -2.43. The fourth-order valence-corrected chi connectivity index (χ4v) is 6.61. The smallest absolute Gasteiger partial charge is 0.343 e. The monoisotopic (exact) mass is 474 g/mol. The second-order valence-corrected chi connectivity index (χ2v) is 10.7. The third kappa shape index (κ3) is 4.83. The number of benzene rings is 2. The van der Waals surface area contributed by atoms with Crippen LogP contribution in [0.15, 0.2) is 60.7 Å². The lowest BCUT2D eigenvalue weighted by atomic mass is 9.55. The second kappa shape index (κ2) is 10.3. The maximum atomic E-state index is 12.5. The summed E-state index contributed by atoms with van der Waals surface area (Å²) in [6.07, 6.45) is 11.4. The summed E-state index contributed by atoms with van der Waals surface area (Å²) in [6.45, 7) is 7.39. The van der Waals surface area contributed by atoms with E-state index in [1.807, 2.05) is 31.2 Å². The molecule has 6 unspecified atom stereocenters. The molecule has 186 valence electrons. The van der Waals surface area contributed by atoms with E-state index in [4.69, 9.17) is 14.2 Å². The van der Waals surface area contributed by atoms with E-state index in [0.717, 1.165) is 38.7 Å². The van der Waals surface area contributed by atoms with Gasteiger partial charge in [-0.25, -0.2) is 4.79 Å². The molecule has 0 spiro atoms. The number of allylic oxidation sites excluding steroid dienone is 1. The van der Waals surface area contributed by atoms with Gasteiger partial charge in [0.1, 0.15) is 5.75 Å². The molecule has 5 rings (SSSR count). The van der Waals surface area contributed by atoms with Gasteiger partial charge in [-0.05, 0) is 92.2 Å². The van der Waals surface area contributed by atoms with Gasteiger partial charge in [0.05, 0.1) is 11.7 Å². The van der Waals surface area contributed by atoms with E-state index in [1.165, 1.54) is 17.5 Å². The number of carbonyl (C=O) groups excluding carboxylic acids is 1. The van der Waals surface area contributed by atoms with Crippen LogP contribution in [0.4, 0.5) is 0 Å². The fourth-order valence-electron chi connectivity index (χ4n) is 6.61. The largest absolute Gasteiger partial charge is 0.423 e. The molecule has 3 aliphatic carbocycles. The first-order valence-electron chi connectivity index (χ1n) is 13.3. The molecule has 2 aromatic carbocycles. The van der Waals surface area contributed by atoms with Crippen molar-refractivity contribution in [3.05, 3.63) is 77.4 Å². The first kappa shape index (κ1) is 24.3. The Labute approximate surface area is 209 Å². The predicted octanol–water partition coefficient (Wildman–Crippen LogP) is 7.09. The third-order valence-corrected chi connectivity index (χ3v) is 8.55. The van der Waals surface area contributed by atoms with Gasteiger partial charge in [-0.3, -0.25) is 0 Å². The number of rotatable bonds is 8. The number of hydrogen-bond acceptors (Lipinski definition) is 4. The van der Waals surface area contributed by atoms with Crippen molar-refractivity contribution in [2.24, 2.45) is 17.3 Å². The van der Waals surface area contributed by atoms with Gasteiger partial charge in [-0.2, -0.15) is 0 Å². The van der Waals surface area contributed by atoms with Crippen LogP contribution >= 0.6 is 0 Å². The van der Waals surface area contributed by atoms with Crippen molar-refractivity contribution < 1.29 is 19.0 Å². The van der Waals surface area contributed by atoms with Crippen molar-refractivity contribution in [1.29, 1.82) is 0 Å². The molecule has 0 amide bonds. The molecule has 1 saturated carbocycles. The van der Waals surface area contributed by atoms with Crippen LogP contribution in [-0.4, -0.2) is 25.0 Å². The van der Waals surface area contributed by atoms with Gasteiger partial charge in [-0.1, -0.05) is 56.7 Å². The summed E-state index contributed by atoms with van der Waals surface area (Å²) < 4.78 is 18.0. The molecule has 0 aliphatic heterocycles. The van der Waals surface area contributed by atoms with E-state index in [2.05, 4.69) is 38.1 Å². The molecule has 1 fully saturated rings. The van der Waals surface area contributed by atoms with Crippen LogP contribution in [0.25, 0.3) is 0 Å². The molecular weight excluding hydrogens is 436 g/mol. The van der Waals surface area contributed by atoms with E-state index in [9.17, 15) is 4.79 Å². The lowest BCUT2D eigenvalue weighted by Crippen LogP contribution is -2.46. The number of ether oxygens (including phenoxy) is 3. The molecule has 4 nitrogen and oxygen atoms in total. The highest BCUT2D eigenvalue weighted by Crippen LogP contribution is 2.59. The molecule has 4 heteroatoms. The summed E-state index contributed by atoms with van der Waals surface area (Å²) in [5.41, 5.74) is 3.48. The Morgan fingerprint density at radius 1 is 1.11 bits per heavy atom. The number of aryl methyl sites for hydroxylation is 1. The third-order valence-electron chi connectivity index (χ3n) is 8.55. The molecule has 0 N–H and O–H groups in total. The van der Waals surface area contributed by atoms with Crippen LogP contribution in [0.2, 0.25) is 0 Å². The summed E-state index contributed by atoms with van der Waals surface area (Å²) in [5, 5.41) is 0. The highest BCUT2D eigenvalue weighted by Gasteiger charge is 2.53. The zero-order valence-corrected chi connectivity index (χ0v) is 21.2. The van der Waals surface area contributed by atoms with Crippen molar-refractivity contribution in [3.8, 4) is 5.75 Å². The van der Waals surface area contributed by atoms with E-state index in [1.54, 1.807) is 12.1 Å². The van der Waals surface area contributed by atoms with Crippen LogP contribution in [0.1, 0.15) is 80.3 Å². The van der Waals surface area contributed by atoms with Crippen LogP contribution < -0.4 is 4.74 Å².